The molecule has 0 bridgehead atoms. The van der Waals surface area contributed by atoms with Gasteiger partial charge in [0.25, 0.3) is 5.91 Å². The highest BCUT2D eigenvalue weighted by atomic mass is 32.1. The number of aliphatic hydroxyl groups is 1. The van der Waals surface area contributed by atoms with Crippen LogP contribution in [-0.2, 0) is 6.54 Å². The fourth-order valence-corrected chi connectivity index (χ4v) is 1.51. The third-order valence-corrected chi connectivity index (χ3v) is 2.48. The predicted octanol–water partition coefficient (Wildman–Crippen LogP) is -0.288. The summed E-state index contributed by atoms with van der Waals surface area (Å²) in [5.41, 5.74) is 5.72. The lowest BCUT2D eigenvalue weighted by molar-refractivity contribution is 0.0918. The van der Waals surface area contributed by atoms with Crippen LogP contribution in [0.25, 0.3) is 0 Å². The Kier molecular flexibility index (Phi) is 3.99. The third-order valence-electron chi connectivity index (χ3n) is 1.61. The molecule has 0 aromatic carbocycles. The van der Waals surface area contributed by atoms with Gasteiger partial charge in [0.05, 0.1) is 6.61 Å². The van der Waals surface area contributed by atoms with Gasteiger partial charge in [-0.3, -0.25) is 4.79 Å². The lowest BCUT2D eigenvalue weighted by atomic mass is 10.3. The summed E-state index contributed by atoms with van der Waals surface area (Å²) >= 11 is 1.35. The van der Waals surface area contributed by atoms with Crippen molar-refractivity contribution in [2.24, 2.45) is 5.73 Å². The summed E-state index contributed by atoms with van der Waals surface area (Å²) in [6, 6.07) is -0.259. The number of hydrogen-bond donors (Lipinski definition) is 3. The van der Waals surface area contributed by atoms with Gasteiger partial charge in [-0.05, 0) is 6.92 Å². The minimum atomic E-state index is -0.275. The molecule has 0 aliphatic heterocycles. The highest BCUT2D eigenvalue weighted by Crippen LogP contribution is 2.08. The second kappa shape index (κ2) is 5.04. The van der Waals surface area contributed by atoms with Crippen LogP contribution in [0.2, 0.25) is 0 Å². The van der Waals surface area contributed by atoms with Crippen LogP contribution in [0.1, 0.15) is 22.4 Å². The molecule has 1 amide bonds. The van der Waals surface area contributed by atoms with E-state index in [9.17, 15) is 4.79 Å². The van der Waals surface area contributed by atoms with Crippen LogP contribution in [0, 0.1) is 0 Å². The molecule has 1 heterocycles. The number of nitrogens with zero attached hydrogens (tertiary/aromatic N) is 1. The molecule has 5 nitrogen and oxygen atoms in total. The quantitative estimate of drug-likeness (QED) is 0.644. The number of carbonyl (C=O) groups is 1. The molecule has 0 unspecified atom stereocenters. The SMILES string of the molecule is C[C@H](CO)NC(=O)c1csc(CN)n1. The van der Waals surface area contributed by atoms with E-state index in [1.54, 1.807) is 12.3 Å². The molecule has 0 saturated carbocycles. The van der Waals surface area contributed by atoms with Crippen molar-refractivity contribution in [3.63, 3.8) is 0 Å². The summed E-state index contributed by atoms with van der Waals surface area (Å²) < 4.78 is 0. The van der Waals surface area contributed by atoms with Gasteiger partial charge in [-0.25, -0.2) is 4.98 Å². The van der Waals surface area contributed by atoms with Crippen LogP contribution in [0.15, 0.2) is 5.38 Å². The van der Waals surface area contributed by atoms with Crippen molar-refractivity contribution in [1.29, 1.82) is 0 Å². The Morgan fingerprint density at radius 1 is 1.86 bits per heavy atom. The summed E-state index contributed by atoms with van der Waals surface area (Å²) in [5, 5.41) is 13.7. The molecule has 1 aromatic rings. The normalized spacial score (nSPS) is 12.5. The van der Waals surface area contributed by atoms with E-state index in [1.165, 1.54) is 11.3 Å². The lowest BCUT2D eigenvalue weighted by Crippen LogP contribution is -2.35. The maximum Gasteiger partial charge on any atom is 0.271 e. The molecule has 1 aromatic heterocycles. The number of aromatic nitrogens is 1. The first kappa shape index (κ1) is 11.1. The Balaban J connectivity index is 2.60. The first-order valence-electron chi connectivity index (χ1n) is 4.23. The number of nitrogens with one attached hydrogen (secondary N) is 1. The van der Waals surface area contributed by atoms with Crippen molar-refractivity contribution in [2.45, 2.75) is 19.5 Å². The van der Waals surface area contributed by atoms with E-state index >= 15 is 0 Å². The first-order chi connectivity index (χ1) is 6.67. The monoisotopic (exact) mass is 215 g/mol. The van der Waals surface area contributed by atoms with Gasteiger partial charge >= 0.3 is 0 Å². The fraction of sp³-hybridized carbons (Fsp3) is 0.500. The van der Waals surface area contributed by atoms with Crippen LogP contribution >= 0.6 is 11.3 Å². The zero-order valence-corrected chi connectivity index (χ0v) is 8.67. The number of thiazole rings is 1. The standard InChI is InChI=1S/C8H13N3O2S/c1-5(3-12)10-8(13)6-4-14-7(2-9)11-6/h4-5,12H,2-3,9H2,1H3,(H,10,13)/t5-/m1/s1. The van der Waals surface area contributed by atoms with Crippen LogP contribution in [0.4, 0.5) is 0 Å². The smallest absolute Gasteiger partial charge is 0.271 e. The molecule has 78 valence electrons. The lowest BCUT2D eigenvalue weighted by Gasteiger charge is -2.08. The van der Waals surface area contributed by atoms with E-state index < -0.39 is 0 Å². The van der Waals surface area contributed by atoms with E-state index in [0.717, 1.165) is 5.01 Å². The van der Waals surface area contributed by atoms with E-state index in [1.807, 2.05) is 0 Å². The first-order valence-corrected chi connectivity index (χ1v) is 5.11. The summed E-state index contributed by atoms with van der Waals surface area (Å²) in [6.07, 6.45) is 0. The molecule has 0 radical (unpaired) electrons. The molecule has 1 atom stereocenters. The average Bonchev–Trinajstić information content (AvgIpc) is 2.65. The second-order valence-corrected chi connectivity index (χ2v) is 3.83. The molecular weight excluding hydrogens is 202 g/mol. The van der Waals surface area contributed by atoms with E-state index in [2.05, 4.69) is 10.3 Å². The number of hydrogen-bond acceptors (Lipinski definition) is 5. The van der Waals surface area contributed by atoms with Gasteiger partial charge in [0.2, 0.25) is 0 Å². The second-order valence-electron chi connectivity index (χ2n) is 2.89. The van der Waals surface area contributed by atoms with Gasteiger partial charge < -0.3 is 16.2 Å². The van der Waals surface area contributed by atoms with Gasteiger partial charge in [0.1, 0.15) is 10.7 Å². The maximum atomic E-state index is 11.4. The Hall–Kier alpha value is -0.980. The molecule has 4 N–H and O–H groups in total. The van der Waals surface area contributed by atoms with Gasteiger partial charge in [-0.1, -0.05) is 0 Å². The van der Waals surface area contributed by atoms with Crippen molar-refractivity contribution >= 4 is 17.2 Å². The molecule has 0 aliphatic rings. The van der Waals surface area contributed by atoms with E-state index in [4.69, 9.17) is 10.8 Å². The third kappa shape index (κ3) is 2.76. The molecule has 0 fully saturated rings. The highest BCUT2D eigenvalue weighted by Gasteiger charge is 2.11. The van der Waals surface area contributed by atoms with Gasteiger partial charge in [0, 0.05) is 18.0 Å². The van der Waals surface area contributed by atoms with Crippen LogP contribution in [0.5, 0.6) is 0 Å². The molecule has 0 saturated heterocycles. The van der Waals surface area contributed by atoms with Crippen LogP contribution < -0.4 is 11.1 Å². The molecule has 14 heavy (non-hydrogen) atoms. The number of nitrogens with two attached hydrogens (primary N) is 1. The molecule has 0 spiro atoms. The summed E-state index contributed by atoms with van der Waals surface area (Å²) in [4.78, 5) is 15.4. The largest absolute Gasteiger partial charge is 0.394 e. The number of amides is 1. The van der Waals surface area contributed by atoms with Gasteiger partial charge in [-0.15, -0.1) is 11.3 Å². The van der Waals surface area contributed by atoms with Crippen LogP contribution in [-0.4, -0.2) is 28.6 Å². The summed E-state index contributed by atoms with van der Waals surface area (Å²) in [7, 11) is 0. The summed E-state index contributed by atoms with van der Waals surface area (Å²) in [5.74, 6) is -0.275. The fourth-order valence-electron chi connectivity index (χ4n) is 0.852. The van der Waals surface area contributed by atoms with Crippen molar-refractivity contribution < 1.29 is 9.90 Å². The van der Waals surface area contributed by atoms with Crippen LogP contribution in [0.3, 0.4) is 0 Å². The van der Waals surface area contributed by atoms with Crippen molar-refractivity contribution in [3.05, 3.63) is 16.1 Å². The van der Waals surface area contributed by atoms with Gasteiger partial charge in [0.15, 0.2) is 0 Å². The Morgan fingerprint density at radius 3 is 3.07 bits per heavy atom. The molecule has 6 heteroatoms. The number of aliphatic hydroxyl groups excluding tert-OH is 1. The zero-order valence-electron chi connectivity index (χ0n) is 7.86. The van der Waals surface area contributed by atoms with Crippen molar-refractivity contribution in [2.75, 3.05) is 6.61 Å². The minimum absolute atomic E-state index is 0.0837. The molecular formula is C8H13N3O2S. The summed E-state index contributed by atoms with van der Waals surface area (Å²) in [6.45, 7) is 1.97. The average molecular weight is 215 g/mol. The highest BCUT2D eigenvalue weighted by molar-refractivity contribution is 7.09. The number of carbonyl (C=O) groups excluding carboxylic acids is 1. The van der Waals surface area contributed by atoms with Crippen molar-refractivity contribution in [3.8, 4) is 0 Å². The Morgan fingerprint density at radius 2 is 2.57 bits per heavy atom. The number of rotatable bonds is 4. The Labute approximate surface area is 86.0 Å². The van der Waals surface area contributed by atoms with E-state index in [0.29, 0.717) is 12.2 Å². The topological polar surface area (TPSA) is 88.2 Å². The molecule has 0 aliphatic carbocycles. The predicted molar refractivity (Wildman–Crippen MR) is 54.0 cm³/mol. The van der Waals surface area contributed by atoms with Gasteiger partial charge in [-0.2, -0.15) is 0 Å². The van der Waals surface area contributed by atoms with E-state index in [-0.39, 0.29) is 18.6 Å². The van der Waals surface area contributed by atoms with Crippen molar-refractivity contribution in [1.82, 2.24) is 10.3 Å². The Bertz CT molecular complexity index is 313. The zero-order chi connectivity index (χ0) is 10.6. The maximum absolute atomic E-state index is 11.4. The molecule has 1 rings (SSSR count). The minimum Gasteiger partial charge on any atom is -0.394 e.